The van der Waals surface area contributed by atoms with Crippen LogP contribution in [0.2, 0.25) is 0 Å². The third kappa shape index (κ3) is 1.16. The molecule has 2 heterocycles. The molecule has 0 spiro atoms. The van der Waals surface area contributed by atoms with Gasteiger partial charge in [-0.25, -0.2) is 4.98 Å². The summed E-state index contributed by atoms with van der Waals surface area (Å²) in [7, 11) is 0. The molecule has 0 saturated heterocycles. The third-order valence-corrected chi connectivity index (χ3v) is 2.79. The molecule has 0 aliphatic heterocycles. The van der Waals surface area contributed by atoms with E-state index in [1.54, 1.807) is 0 Å². The van der Waals surface area contributed by atoms with Crippen molar-refractivity contribution in [2.45, 2.75) is 13.3 Å². The van der Waals surface area contributed by atoms with Crippen LogP contribution in [-0.2, 0) is 6.42 Å². The largest absolute Gasteiger partial charge is 0.367 e. The van der Waals surface area contributed by atoms with Crippen molar-refractivity contribution < 1.29 is 4.52 Å². The standard InChI is InChI=1S/C12H11N3O/c1-2-7-4-3-5-8-6-9-11(13)16-15-12(9)14-10(7)8/h3-6H,2,13H2,1H3. The zero-order valence-corrected chi connectivity index (χ0v) is 8.90. The van der Waals surface area contributed by atoms with E-state index in [4.69, 9.17) is 10.3 Å². The number of nitrogens with zero attached hydrogens (tertiary/aromatic N) is 2. The van der Waals surface area contributed by atoms with Crippen molar-refractivity contribution in [2.75, 3.05) is 5.73 Å². The van der Waals surface area contributed by atoms with Crippen molar-refractivity contribution in [1.82, 2.24) is 10.1 Å². The van der Waals surface area contributed by atoms with Crippen LogP contribution < -0.4 is 5.73 Å². The molecule has 0 radical (unpaired) electrons. The van der Waals surface area contributed by atoms with Crippen molar-refractivity contribution in [1.29, 1.82) is 0 Å². The fraction of sp³-hybridized carbons (Fsp3) is 0.167. The molecule has 0 aliphatic rings. The van der Waals surface area contributed by atoms with Gasteiger partial charge in [-0.2, -0.15) is 0 Å². The summed E-state index contributed by atoms with van der Waals surface area (Å²) in [6, 6.07) is 8.10. The van der Waals surface area contributed by atoms with Gasteiger partial charge in [-0.15, -0.1) is 0 Å². The van der Waals surface area contributed by atoms with Crippen LogP contribution in [0.5, 0.6) is 0 Å². The number of para-hydroxylation sites is 1. The Kier molecular flexibility index (Phi) is 1.83. The predicted octanol–water partition coefficient (Wildman–Crippen LogP) is 2.52. The maximum Gasteiger partial charge on any atom is 0.231 e. The fourth-order valence-corrected chi connectivity index (χ4v) is 1.93. The topological polar surface area (TPSA) is 64.9 Å². The second kappa shape index (κ2) is 3.20. The molecule has 4 heteroatoms. The zero-order valence-electron chi connectivity index (χ0n) is 8.90. The Hall–Kier alpha value is -2.10. The average molecular weight is 213 g/mol. The van der Waals surface area contributed by atoms with Gasteiger partial charge in [-0.1, -0.05) is 30.3 Å². The number of aromatic nitrogens is 2. The molecule has 4 nitrogen and oxygen atoms in total. The molecule has 2 N–H and O–H groups in total. The van der Waals surface area contributed by atoms with Crippen LogP contribution in [0.15, 0.2) is 28.8 Å². The first-order valence-corrected chi connectivity index (χ1v) is 5.23. The van der Waals surface area contributed by atoms with Gasteiger partial charge in [0.1, 0.15) is 0 Å². The van der Waals surface area contributed by atoms with Crippen LogP contribution in [0.25, 0.3) is 21.9 Å². The normalized spacial score (nSPS) is 11.3. The average Bonchev–Trinajstić information content (AvgIpc) is 2.67. The number of fused-ring (bicyclic) bond motifs is 2. The number of rotatable bonds is 1. The number of anilines is 1. The Morgan fingerprint density at radius 2 is 2.25 bits per heavy atom. The molecular weight excluding hydrogens is 202 g/mol. The van der Waals surface area contributed by atoms with E-state index in [9.17, 15) is 0 Å². The maximum atomic E-state index is 5.67. The Morgan fingerprint density at radius 3 is 3.06 bits per heavy atom. The quantitative estimate of drug-likeness (QED) is 0.674. The van der Waals surface area contributed by atoms with E-state index in [0.717, 1.165) is 22.7 Å². The highest BCUT2D eigenvalue weighted by molar-refractivity contribution is 5.96. The van der Waals surface area contributed by atoms with Gasteiger partial charge < -0.3 is 10.3 Å². The first kappa shape index (κ1) is 9.15. The van der Waals surface area contributed by atoms with Crippen molar-refractivity contribution in [3.05, 3.63) is 29.8 Å². The SMILES string of the molecule is CCc1cccc2cc3c(N)onc3nc12. The summed E-state index contributed by atoms with van der Waals surface area (Å²) in [6.45, 7) is 2.11. The Balaban J connectivity index is 2.47. The summed E-state index contributed by atoms with van der Waals surface area (Å²) in [6.07, 6.45) is 0.948. The third-order valence-electron chi connectivity index (χ3n) is 2.79. The molecule has 0 bridgehead atoms. The van der Waals surface area contributed by atoms with Crippen LogP contribution in [0.4, 0.5) is 5.88 Å². The minimum Gasteiger partial charge on any atom is -0.367 e. The lowest BCUT2D eigenvalue weighted by molar-refractivity contribution is 0.443. The number of hydrogen-bond acceptors (Lipinski definition) is 4. The molecule has 80 valence electrons. The number of aryl methyl sites for hydroxylation is 1. The molecular formula is C12H11N3O. The summed E-state index contributed by atoms with van der Waals surface area (Å²) in [5.41, 5.74) is 8.43. The van der Waals surface area contributed by atoms with Gasteiger partial charge >= 0.3 is 0 Å². The van der Waals surface area contributed by atoms with Gasteiger partial charge in [-0.05, 0) is 18.1 Å². The van der Waals surface area contributed by atoms with E-state index in [2.05, 4.69) is 23.1 Å². The van der Waals surface area contributed by atoms with Crippen molar-refractivity contribution in [3.63, 3.8) is 0 Å². The van der Waals surface area contributed by atoms with Crippen molar-refractivity contribution in [3.8, 4) is 0 Å². The molecule has 1 aromatic carbocycles. The van der Waals surface area contributed by atoms with Crippen LogP contribution >= 0.6 is 0 Å². The van der Waals surface area contributed by atoms with E-state index in [0.29, 0.717) is 11.5 Å². The lowest BCUT2D eigenvalue weighted by Crippen LogP contribution is -1.88. The van der Waals surface area contributed by atoms with E-state index >= 15 is 0 Å². The number of nitrogen functional groups attached to an aromatic ring is 1. The first-order chi connectivity index (χ1) is 7.79. The van der Waals surface area contributed by atoms with Crippen molar-refractivity contribution >= 4 is 27.8 Å². The molecule has 0 saturated carbocycles. The highest BCUT2D eigenvalue weighted by Gasteiger charge is 2.09. The molecule has 2 aromatic heterocycles. The zero-order chi connectivity index (χ0) is 11.1. The Labute approximate surface area is 92.0 Å². The molecule has 0 fully saturated rings. The minimum absolute atomic E-state index is 0.325. The van der Waals surface area contributed by atoms with Gasteiger partial charge in [0.05, 0.1) is 10.9 Å². The summed E-state index contributed by atoms with van der Waals surface area (Å²) >= 11 is 0. The number of hydrogen-bond donors (Lipinski definition) is 1. The summed E-state index contributed by atoms with van der Waals surface area (Å²) in [5, 5.41) is 5.68. The molecule has 3 rings (SSSR count). The highest BCUT2D eigenvalue weighted by Crippen LogP contribution is 2.25. The fourth-order valence-electron chi connectivity index (χ4n) is 1.93. The van der Waals surface area contributed by atoms with Gasteiger partial charge in [0.15, 0.2) is 0 Å². The number of nitrogens with two attached hydrogens (primary N) is 1. The molecule has 16 heavy (non-hydrogen) atoms. The van der Waals surface area contributed by atoms with Crippen molar-refractivity contribution in [2.24, 2.45) is 0 Å². The maximum absolute atomic E-state index is 5.67. The predicted molar refractivity (Wildman–Crippen MR) is 63.1 cm³/mol. The smallest absolute Gasteiger partial charge is 0.231 e. The van der Waals surface area contributed by atoms with Crippen LogP contribution in [0, 0.1) is 0 Å². The van der Waals surface area contributed by atoms with Gasteiger partial charge in [0.2, 0.25) is 11.5 Å². The second-order valence-electron chi connectivity index (χ2n) is 3.75. The van der Waals surface area contributed by atoms with Gasteiger partial charge in [0, 0.05) is 5.39 Å². The van der Waals surface area contributed by atoms with E-state index in [1.807, 2.05) is 18.2 Å². The lowest BCUT2D eigenvalue weighted by Gasteiger charge is -2.02. The Morgan fingerprint density at radius 1 is 1.38 bits per heavy atom. The van der Waals surface area contributed by atoms with Crippen LogP contribution in [0.3, 0.4) is 0 Å². The van der Waals surface area contributed by atoms with Crippen LogP contribution in [0.1, 0.15) is 12.5 Å². The number of benzene rings is 1. The molecule has 0 aliphatic carbocycles. The Bertz CT molecular complexity index is 672. The monoisotopic (exact) mass is 213 g/mol. The minimum atomic E-state index is 0.325. The summed E-state index contributed by atoms with van der Waals surface area (Å²) < 4.78 is 4.92. The highest BCUT2D eigenvalue weighted by atomic mass is 16.5. The molecule has 0 amide bonds. The second-order valence-corrected chi connectivity index (χ2v) is 3.75. The van der Waals surface area contributed by atoms with E-state index in [-0.39, 0.29) is 0 Å². The van der Waals surface area contributed by atoms with Gasteiger partial charge in [-0.3, -0.25) is 0 Å². The van der Waals surface area contributed by atoms with E-state index < -0.39 is 0 Å². The first-order valence-electron chi connectivity index (χ1n) is 5.23. The summed E-state index contributed by atoms with van der Waals surface area (Å²) in [5.74, 6) is 0.325. The van der Waals surface area contributed by atoms with Crippen LogP contribution in [-0.4, -0.2) is 10.1 Å². The van der Waals surface area contributed by atoms with Gasteiger partial charge in [0.25, 0.3) is 0 Å². The molecule has 0 unspecified atom stereocenters. The summed E-state index contributed by atoms with van der Waals surface area (Å²) in [4.78, 5) is 4.48. The van der Waals surface area contributed by atoms with E-state index in [1.165, 1.54) is 5.56 Å². The number of pyridine rings is 1. The molecule has 3 aromatic rings. The lowest BCUT2D eigenvalue weighted by atomic mass is 10.1. The molecule has 0 atom stereocenters.